The third-order valence-electron chi connectivity index (χ3n) is 4.03. The highest BCUT2D eigenvalue weighted by atomic mass is 19.4. The van der Waals surface area contributed by atoms with E-state index in [0.717, 1.165) is 12.1 Å². The summed E-state index contributed by atoms with van der Waals surface area (Å²) >= 11 is 0. The predicted molar refractivity (Wildman–Crippen MR) is 97.3 cm³/mol. The van der Waals surface area contributed by atoms with Gasteiger partial charge in [0.05, 0.1) is 19.9 Å². The topological polar surface area (TPSA) is 78.4 Å². The van der Waals surface area contributed by atoms with Crippen molar-refractivity contribution in [2.75, 3.05) is 19.5 Å². The molecule has 10 heteroatoms. The van der Waals surface area contributed by atoms with Crippen molar-refractivity contribution in [3.63, 3.8) is 0 Å². The highest BCUT2D eigenvalue weighted by Crippen LogP contribution is 2.29. The Balaban J connectivity index is 1.63. The minimum atomic E-state index is -4.78. The number of carbonyl (C=O) groups excluding carboxylic acids is 1. The van der Waals surface area contributed by atoms with Crippen LogP contribution in [0.4, 0.5) is 18.9 Å². The lowest BCUT2D eigenvalue weighted by atomic mass is 10.0. The van der Waals surface area contributed by atoms with Crippen molar-refractivity contribution in [1.82, 2.24) is 0 Å². The van der Waals surface area contributed by atoms with Gasteiger partial charge in [0, 0.05) is 17.7 Å². The number of nitrogens with one attached hydrogen (secondary N) is 1. The summed E-state index contributed by atoms with van der Waals surface area (Å²) in [6, 6.07) is 9.95. The first-order chi connectivity index (χ1) is 13.8. The fourth-order valence-electron chi connectivity index (χ4n) is 2.68. The fraction of sp³-hybridized carbons (Fsp3) is 0.263. The minimum absolute atomic E-state index is 0.185. The van der Waals surface area contributed by atoms with Crippen LogP contribution in [-0.4, -0.2) is 38.3 Å². The Morgan fingerprint density at radius 2 is 1.79 bits per heavy atom. The van der Waals surface area contributed by atoms with Gasteiger partial charge in [-0.15, -0.1) is 13.2 Å². The van der Waals surface area contributed by atoms with Gasteiger partial charge in [0.15, 0.2) is 0 Å². The molecule has 1 aliphatic heterocycles. The molecule has 154 valence electrons. The molecular formula is C19H17F3N2O5. The van der Waals surface area contributed by atoms with E-state index in [-0.39, 0.29) is 12.2 Å². The molecule has 0 bridgehead atoms. The van der Waals surface area contributed by atoms with Gasteiger partial charge < -0.3 is 24.4 Å². The van der Waals surface area contributed by atoms with Gasteiger partial charge in [-0.3, -0.25) is 4.79 Å². The molecule has 1 N–H and O–H groups in total. The summed E-state index contributed by atoms with van der Waals surface area (Å²) in [6.45, 7) is 0. The van der Waals surface area contributed by atoms with E-state index in [2.05, 4.69) is 15.2 Å². The number of carbonyl (C=O) groups is 1. The molecule has 1 amide bonds. The molecule has 2 aromatic rings. The summed E-state index contributed by atoms with van der Waals surface area (Å²) in [5.41, 5.74) is 1.44. The van der Waals surface area contributed by atoms with Crippen LogP contribution in [0.2, 0.25) is 0 Å². The largest absolute Gasteiger partial charge is 0.573 e. The Hall–Kier alpha value is -3.43. The molecule has 3 rings (SSSR count). The SMILES string of the molecule is COc1ccc(OC)c(C2=NO[C@@H](C(=O)Nc3ccc(OC(F)(F)F)cc3)C2)c1. The second kappa shape index (κ2) is 8.29. The monoisotopic (exact) mass is 410 g/mol. The van der Waals surface area contributed by atoms with E-state index in [1.807, 2.05) is 0 Å². The molecule has 1 heterocycles. The molecule has 1 aliphatic rings. The third-order valence-corrected chi connectivity index (χ3v) is 4.03. The Labute approximate surface area is 164 Å². The average Bonchev–Trinajstić information content (AvgIpc) is 3.18. The van der Waals surface area contributed by atoms with Crippen LogP contribution in [0, 0.1) is 0 Å². The van der Waals surface area contributed by atoms with Gasteiger partial charge in [-0.25, -0.2) is 0 Å². The number of nitrogens with zero attached hydrogens (tertiary/aromatic N) is 1. The summed E-state index contributed by atoms with van der Waals surface area (Å²) < 4.78 is 50.9. The molecule has 2 aromatic carbocycles. The van der Waals surface area contributed by atoms with Crippen molar-refractivity contribution in [3.05, 3.63) is 48.0 Å². The van der Waals surface area contributed by atoms with Gasteiger partial charge in [-0.1, -0.05) is 5.16 Å². The minimum Gasteiger partial charge on any atom is -0.497 e. The molecule has 0 saturated carbocycles. The van der Waals surface area contributed by atoms with Crippen LogP contribution >= 0.6 is 0 Å². The number of hydrogen-bond donors (Lipinski definition) is 1. The highest BCUT2D eigenvalue weighted by molar-refractivity contribution is 6.07. The number of hydrogen-bond acceptors (Lipinski definition) is 6. The number of methoxy groups -OCH3 is 2. The fourth-order valence-corrected chi connectivity index (χ4v) is 2.68. The standard InChI is InChI=1S/C19H17F3N2O5/c1-26-13-7-8-16(27-2)14(9-13)15-10-17(29-24-15)18(25)23-11-3-5-12(6-4-11)28-19(20,21)22/h3-9,17H,10H2,1-2H3,(H,23,25)/t17-/m1/s1. The van der Waals surface area contributed by atoms with E-state index in [4.69, 9.17) is 14.3 Å². The zero-order chi connectivity index (χ0) is 21.0. The Morgan fingerprint density at radius 1 is 1.10 bits per heavy atom. The third kappa shape index (κ3) is 5.09. The number of amides is 1. The first-order valence-corrected chi connectivity index (χ1v) is 8.41. The number of benzene rings is 2. The number of anilines is 1. The predicted octanol–water partition coefficient (Wildman–Crippen LogP) is 3.73. The van der Waals surface area contributed by atoms with Gasteiger partial charge in [0.25, 0.3) is 5.91 Å². The molecule has 0 saturated heterocycles. The molecule has 0 radical (unpaired) electrons. The van der Waals surface area contributed by atoms with Gasteiger partial charge in [-0.2, -0.15) is 0 Å². The van der Waals surface area contributed by atoms with Gasteiger partial charge in [0.2, 0.25) is 6.10 Å². The lowest BCUT2D eigenvalue weighted by Crippen LogP contribution is -2.28. The van der Waals surface area contributed by atoms with E-state index < -0.39 is 18.4 Å². The maximum Gasteiger partial charge on any atom is 0.573 e. The summed E-state index contributed by atoms with van der Waals surface area (Å²) in [4.78, 5) is 17.6. The average molecular weight is 410 g/mol. The molecule has 0 fully saturated rings. The molecule has 0 aromatic heterocycles. The van der Waals surface area contributed by atoms with Crippen molar-refractivity contribution >= 4 is 17.3 Å². The van der Waals surface area contributed by atoms with Crippen molar-refractivity contribution < 1.29 is 37.0 Å². The van der Waals surface area contributed by atoms with Crippen molar-refractivity contribution in [1.29, 1.82) is 0 Å². The summed E-state index contributed by atoms with van der Waals surface area (Å²) in [5, 5.41) is 6.53. The van der Waals surface area contributed by atoms with Crippen molar-refractivity contribution in [2.24, 2.45) is 5.16 Å². The van der Waals surface area contributed by atoms with E-state index in [1.165, 1.54) is 26.4 Å². The molecule has 0 unspecified atom stereocenters. The Morgan fingerprint density at radius 3 is 2.41 bits per heavy atom. The molecule has 1 atom stereocenters. The van der Waals surface area contributed by atoms with Gasteiger partial charge in [-0.05, 0) is 42.5 Å². The lowest BCUT2D eigenvalue weighted by molar-refractivity contribution is -0.274. The summed E-state index contributed by atoms with van der Waals surface area (Å²) in [6.07, 6.45) is -5.49. The number of ether oxygens (including phenoxy) is 3. The Kier molecular flexibility index (Phi) is 5.81. The number of halogens is 3. The van der Waals surface area contributed by atoms with Gasteiger partial charge >= 0.3 is 6.36 Å². The van der Waals surface area contributed by atoms with Crippen LogP contribution in [-0.2, 0) is 9.63 Å². The maximum absolute atomic E-state index is 12.4. The lowest BCUT2D eigenvalue weighted by Gasteiger charge is -2.12. The second-order valence-electron chi connectivity index (χ2n) is 5.96. The smallest absolute Gasteiger partial charge is 0.497 e. The van der Waals surface area contributed by atoms with Crippen LogP contribution in [0.3, 0.4) is 0 Å². The molecule has 0 aliphatic carbocycles. The first-order valence-electron chi connectivity index (χ1n) is 8.41. The maximum atomic E-state index is 12.4. The van der Waals surface area contributed by atoms with Gasteiger partial charge in [0.1, 0.15) is 17.2 Å². The van der Waals surface area contributed by atoms with Crippen LogP contribution in [0.1, 0.15) is 12.0 Å². The quantitative estimate of drug-likeness (QED) is 0.785. The zero-order valence-corrected chi connectivity index (χ0v) is 15.4. The van der Waals surface area contributed by atoms with E-state index in [9.17, 15) is 18.0 Å². The van der Waals surface area contributed by atoms with E-state index >= 15 is 0 Å². The molecule has 7 nitrogen and oxygen atoms in total. The van der Waals surface area contributed by atoms with Crippen LogP contribution in [0.25, 0.3) is 0 Å². The zero-order valence-electron chi connectivity index (χ0n) is 15.4. The Bertz CT molecular complexity index is 913. The normalized spacial score (nSPS) is 15.9. The van der Waals surface area contributed by atoms with Crippen LogP contribution in [0.5, 0.6) is 17.2 Å². The van der Waals surface area contributed by atoms with Crippen LogP contribution < -0.4 is 19.5 Å². The summed E-state index contributed by atoms with van der Waals surface area (Å²) in [5.74, 6) is 0.269. The van der Waals surface area contributed by atoms with Crippen molar-refractivity contribution in [2.45, 2.75) is 18.9 Å². The highest BCUT2D eigenvalue weighted by Gasteiger charge is 2.32. The van der Waals surface area contributed by atoms with Crippen molar-refractivity contribution in [3.8, 4) is 17.2 Å². The number of rotatable bonds is 6. The number of oxime groups is 1. The van der Waals surface area contributed by atoms with Crippen LogP contribution in [0.15, 0.2) is 47.6 Å². The molecule has 29 heavy (non-hydrogen) atoms. The molecular weight excluding hydrogens is 393 g/mol. The molecule has 0 spiro atoms. The second-order valence-corrected chi connectivity index (χ2v) is 5.96. The first kappa shape index (κ1) is 20.3. The van der Waals surface area contributed by atoms with E-state index in [0.29, 0.717) is 28.5 Å². The summed E-state index contributed by atoms with van der Waals surface area (Å²) in [7, 11) is 3.04. The van der Waals surface area contributed by atoms with E-state index in [1.54, 1.807) is 18.2 Å². The number of alkyl halides is 3.